The summed E-state index contributed by atoms with van der Waals surface area (Å²) in [6.45, 7) is 1.93. The number of hydrogen-bond donors (Lipinski definition) is 2. The molecule has 0 aliphatic heterocycles. The number of nitro benzene ring substituents is 1. The summed E-state index contributed by atoms with van der Waals surface area (Å²) in [7, 11) is 0. The van der Waals surface area contributed by atoms with Gasteiger partial charge in [0.05, 0.1) is 10.6 Å². The van der Waals surface area contributed by atoms with Crippen LogP contribution in [0.15, 0.2) is 36.4 Å². The number of hydrogen-bond acceptors (Lipinski definition) is 6. The van der Waals surface area contributed by atoms with Gasteiger partial charge in [-0.25, -0.2) is 10.8 Å². The van der Waals surface area contributed by atoms with Crippen molar-refractivity contribution in [3.8, 4) is 5.75 Å². The lowest BCUT2D eigenvalue weighted by molar-refractivity contribution is -0.385. The maximum atomic E-state index is 10.7. The van der Waals surface area contributed by atoms with Gasteiger partial charge < -0.3 is 10.2 Å². The minimum Gasteiger partial charge on any atom is -0.487 e. The van der Waals surface area contributed by atoms with E-state index >= 15 is 0 Å². The van der Waals surface area contributed by atoms with Crippen LogP contribution < -0.4 is 16.0 Å². The molecular formula is C13H14N4O3. The van der Waals surface area contributed by atoms with Crippen molar-refractivity contribution in [3.05, 3.63) is 57.8 Å². The summed E-state index contributed by atoms with van der Waals surface area (Å²) in [5.74, 6) is 6.38. The molecule has 0 atom stereocenters. The van der Waals surface area contributed by atoms with Crippen LogP contribution >= 0.6 is 0 Å². The van der Waals surface area contributed by atoms with Crippen molar-refractivity contribution in [1.29, 1.82) is 0 Å². The zero-order valence-electron chi connectivity index (χ0n) is 10.9. The molecule has 0 aliphatic carbocycles. The number of nitrogens with two attached hydrogens (primary N) is 1. The van der Waals surface area contributed by atoms with E-state index in [4.69, 9.17) is 10.6 Å². The molecule has 2 aromatic rings. The van der Waals surface area contributed by atoms with Gasteiger partial charge in [-0.05, 0) is 31.2 Å². The van der Waals surface area contributed by atoms with Gasteiger partial charge in [-0.15, -0.1) is 0 Å². The van der Waals surface area contributed by atoms with Gasteiger partial charge in [-0.3, -0.25) is 10.1 Å². The molecule has 0 saturated heterocycles. The first-order valence-corrected chi connectivity index (χ1v) is 5.90. The SMILES string of the molecule is Cc1cc(OCc2cccc(NN)n2)ccc1[N+](=O)[O-]. The summed E-state index contributed by atoms with van der Waals surface area (Å²) in [4.78, 5) is 14.5. The number of pyridine rings is 1. The van der Waals surface area contributed by atoms with Crippen LogP contribution in [-0.4, -0.2) is 9.91 Å². The fourth-order valence-corrected chi connectivity index (χ4v) is 1.72. The monoisotopic (exact) mass is 274 g/mol. The Morgan fingerprint density at radius 2 is 2.20 bits per heavy atom. The Bertz CT molecular complexity index is 631. The lowest BCUT2D eigenvalue weighted by Gasteiger charge is -2.07. The van der Waals surface area contributed by atoms with E-state index in [1.807, 2.05) is 6.07 Å². The normalized spacial score (nSPS) is 10.1. The van der Waals surface area contributed by atoms with E-state index in [1.165, 1.54) is 6.07 Å². The van der Waals surface area contributed by atoms with Crippen LogP contribution in [0.2, 0.25) is 0 Å². The lowest BCUT2D eigenvalue weighted by Crippen LogP contribution is -2.09. The molecular weight excluding hydrogens is 260 g/mol. The Kier molecular flexibility index (Phi) is 4.11. The number of benzene rings is 1. The van der Waals surface area contributed by atoms with Crippen LogP contribution in [0, 0.1) is 17.0 Å². The van der Waals surface area contributed by atoms with Crippen molar-refractivity contribution in [2.24, 2.45) is 5.84 Å². The predicted octanol–water partition coefficient (Wildman–Crippen LogP) is 2.16. The molecule has 2 rings (SSSR count). The Balaban J connectivity index is 2.07. The molecule has 1 aromatic carbocycles. The van der Waals surface area contributed by atoms with E-state index in [0.717, 1.165) is 0 Å². The van der Waals surface area contributed by atoms with E-state index in [-0.39, 0.29) is 12.3 Å². The standard InChI is InChI=1S/C13H14N4O3/c1-9-7-11(5-6-12(9)17(18)19)20-8-10-3-2-4-13(15-10)16-14/h2-7H,8,14H2,1H3,(H,15,16). The topological polar surface area (TPSA) is 103 Å². The zero-order valence-corrected chi connectivity index (χ0v) is 10.9. The second kappa shape index (κ2) is 5.98. The van der Waals surface area contributed by atoms with Crippen molar-refractivity contribution in [2.75, 3.05) is 5.43 Å². The third kappa shape index (κ3) is 3.21. The Morgan fingerprint density at radius 3 is 2.85 bits per heavy atom. The first-order valence-electron chi connectivity index (χ1n) is 5.90. The number of nitrogen functional groups attached to an aromatic ring is 1. The number of aryl methyl sites for hydroxylation is 1. The van der Waals surface area contributed by atoms with Gasteiger partial charge in [0.15, 0.2) is 0 Å². The van der Waals surface area contributed by atoms with Gasteiger partial charge in [0.2, 0.25) is 0 Å². The highest BCUT2D eigenvalue weighted by molar-refractivity contribution is 5.44. The molecule has 104 valence electrons. The average Bonchev–Trinajstić information content (AvgIpc) is 2.45. The van der Waals surface area contributed by atoms with Gasteiger partial charge in [0.25, 0.3) is 5.69 Å². The summed E-state index contributed by atoms with van der Waals surface area (Å²) in [5, 5.41) is 10.7. The van der Waals surface area contributed by atoms with E-state index in [1.54, 1.807) is 31.2 Å². The molecule has 7 heteroatoms. The highest BCUT2D eigenvalue weighted by Gasteiger charge is 2.10. The van der Waals surface area contributed by atoms with Crippen LogP contribution in [0.25, 0.3) is 0 Å². The zero-order chi connectivity index (χ0) is 14.5. The minimum absolute atomic E-state index is 0.0739. The van der Waals surface area contributed by atoms with Crippen LogP contribution in [0.3, 0.4) is 0 Å². The molecule has 1 aromatic heterocycles. The number of ether oxygens (including phenoxy) is 1. The molecule has 7 nitrogen and oxygen atoms in total. The van der Waals surface area contributed by atoms with Gasteiger partial charge in [-0.2, -0.15) is 0 Å². The quantitative estimate of drug-likeness (QED) is 0.492. The molecule has 0 bridgehead atoms. The number of hydrazine groups is 1. The number of aromatic nitrogens is 1. The van der Waals surface area contributed by atoms with E-state index < -0.39 is 4.92 Å². The van der Waals surface area contributed by atoms with Gasteiger partial charge in [-0.1, -0.05) is 6.07 Å². The van der Waals surface area contributed by atoms with Crippen molar-refractivity contribution in [2.45, 2.75) is 13.5 Å². The van der Waals surface area contributed by atoms with E-state index in [0.29, 0.717) is 22.8 Å². The molecule has 1 heterocycles. The smallest absolute Gasteiger partial charge is 0.272 e. The molecule has 0 unspecified atom stereocenters. The Morgan fingerprint density at radius 1 is 1.40 bits per heavy atom. The fourth-order valence-electron chi connectivity index (χ4n) is 1.72. The summed E-state index contributed by atoms with van der Waals surface area (Å²) in [5.41, 5.74) is 3.79. The Hall–Kier alpha value is -2.67. The lowest BCUT2D eigenvalue weighted by atomic mass is 10.2. The number of nitro groups is 1. The van der Waals surface area contributed by atoms with Crippen molar-refractivity contribution >= 4 is 11.5 Å². The summed E-state index contributed by atoms with van der Waals surface area (Å²) in [6, 6.07) is 9.97. The molecule has 0 radical (unpaired) electrons. The van der Waals surface area contributed by atoms with Crippen LogP contribution in [0.5, 0.6) is 5.75 Å². The molecule has 0 aliphatic rings. The molecule has 20 heavy (non-hydrogen) atoms. The maximum absolute atomic E-state index is 10.7. The second-order valence-electron chi connectivity index (χ2n) is 4.15. The first kappa shape index (κ1) is 13.8. The average molecular weight is 274 g/mol. The molecule has 0 amide bonds. The largest absolute Gasteiger partial charge is 0.487 e. The van der Waals surface area contributed by atoms with Crippen molar-refractivity contribution in [3.63, 3.8) is 0 Å². The molecule has 0 spiro atoms. The van der Waals surface area contributed by atoms with Gasteiger partial charge in [0, 0.05) is 11.6 Å². The van der Waals surface area contributed by atoms with Gasteiger partial charge >= 0.3 is 0 Å². The number of nitrogens with zero attached hydrogens (tertiary/aromatic N) is 2. The fraction of sp³-hybridized carbons (Fsp3) is 0.154. The van der Waals surface area contributed by atoms with Crippen LogP contribution in [-0.2, 0) is 6.61 Å². The summed E-state index contributed by atoms with van der Waals surface area (Å²) < 4.78 is 5.55. The predicted molar refractivity (Wildman–Crippen MR) is 74.2 cm³/mol. The minimum atomic E-state index is -0.420. The third-order valence-electron chi connectivity index (χ3n) is 2.71. The molecule has 3 N–H and O–H groups in total. The molecule has 0 saturated carbocycles. The maximum Gasteiger partial charge on any atom is 0.272 e. The van der Waals surface area contributed by atoms with Crippen molar-refractivity contribution < 1.29 is 9.66 Å². The highest BCUT2D eigenvalue weighted by Crippen LogP contribution is 2.23. The summed E-state index contributed by atoms with van der Waals surface area (Å²) >= 11 is 0. The van der Waals surface area contributed by atoms with E-state index in [9.17, 15) is 10.1 Å². The Labute approximate surface area is 115 Å². The molecule has 0 fully saturated rings. The van der Waals surface area contributed by atoms with Crippen LogP contribution in [0.1, 0.15) is 11.3 Å². The number of nitrogens with one attached hydrogen (secondary N) is 1. The summed E-state index contributed by atoms with van der Waals surface area (Å²) in [6.07, 6.45) is 0. The van der Waals surface area contributed by atoms with E-state index in [2.05, 4.69) is 10.4 Å². The van der Waals surface area contributed by atoms with Crippen molar-refractivity contribution in [1.82, 2.24) is 4.98 Å². The highest BCUT2D eigenvalue weighted by atomic mass is 16.6. The number of anilines is 1. The first-order chi connectivity index (χ1) is 9.60. The second-order valence-corrected chi connectivity index (χ2v) is 4.15. The van der Waals surface area contributed by atoms with Gasteiger partial charge in [0.1, 0.15) is 18.2 Å². The third-order valence-corrected chi connectivity index (χ3v) is 2.71. The van der Waals surface area contributed by atoms with Crippen LogP contribution in [0.4, 0.5) is 11.5 Å². The number of rotatable bonds is 5.